The van der Waals surface area contributed by atoms with Gasteiger partial charge in [-0.2, -0.15) is 5.10 Å². The second kappa shape index (κ2) is 11.7. The number of alkyl halides is 4. The Morgan fingerprint density at radius 2 is 1.96 bits per heavy atom. The third-order valence-corrected chi connectivity index (χ3v) is 8.67. The number of amides is 1. The minimum absolute atomic E-state index is 0.0207. The van der Waals surface area contributed by atoms with E-state index in [1.165, 1.54) is 0 Å². The first-order valence-corrected chi connectivity index (χ1v) is 14.7. The van der Waals surface area contributed by atoms with Crippen LogP contribution in [0.15, 0.2) is 79.8 Å². The highest BCUT2D eigenvalue weighted by Gasteiger charge is 2.47. The van der Waals surface area contributed by atoms with Gasteiger partial charge in [0.2, 0.25) is 5.91 Å². The number of anilines is 1. The number of imidazole rings is 1. The Kier molecular flexibility index (Phi) is 7.51. The van der Waals surface area contributed by atoms with Crippen LogP contribution in [0.1, 0.15) is 23.6 Å². The highest BCUT2D eigenvalue weighted by Crippen LogP contribution is 2.39. The minimum atomic E-state index is -3.11. The van der Waals surface area contributed by atoms with E-state index >= 15 is 8.78 Å². The molecule has 0 spiro atoms. The lowest BCUT2D eigenvalue weighted by atomic mass is 9.93. The van der Waals surface area contributed by atoms with Crippen LogP contribution in [0.2, 0.25) is 0 Å². The van der Waals surface area contributed by atoms with Crippen LogP contribution < -0.4 is 11.1 Å². The quantitative estimate of drug-likeness (QED) is 0.200. The number of hydrogen-bond acceptors (Lipinski definition) is 7. The number of nitrogens with one attached hydrogen (secondary N) is 1. The van der Waals surface area contributed by atoms with E-state index in [-0.39, 0.29) is 25.2 Å². The zero-order valence-corrected chi connectivity index (χ0v) is 24.3. The third kappa shape index (κ3) is 4.98. The topological polar surface area (TPSA) is 120 Å². The van der Waals surface area contributed by atoms with Crippen LogP contribution in [0, 0.1) is 0 Å². The average Bonchev–Trinajstić information content (AvgIpc) is 3.79. The van der Waals surface area contributed by atoms with Crippen molar-refractivity contribution in [2.75, 3.05) is 12.3 Å². The Morgan fingerprint density at radius 3 is 2.70 bits per heavy atom. The molecule has 1 aromatic carbocycles. The molecule has 4 aromatic heterocycles. The van der Waals surface area contributed by atoms with Crippen molar-refractivity contribution >= 4 is 22.9 Å². The zero-order valence-electron chi connectivity index (χ0n) is 24.3. The van der Waals surface area contributed by atoms with Gasteiger partial charge < -0.3 is 16.0 Å². The Hall–Kier alpha value is -5.11. The van der Waals surface area contributed by atoms with Crippen LogP contribution in [-0.4, -0.2) is 77.5 Å². The van der Waals surface area contributed by atoms with Gasteiger partial charge in [-0.3, -0.25) is 9.36 Å². The van der Waals surface area contributed by atoms with E-state index in [0.717, 1.165) is 11.0 Å². The van der Waals surface area contributed by atoms with Crippen LogP contribution in [-0.2, 0) is 11.2 Å². The summed E-state index contributed by atoms with van der Waals surface area (Å²) in [6.07, 6.45) is -0.703. The summed E-state index contributed by atoms with van der Waals surface area (Å²) in [5.41, 5.74) is 9.82. The summed E-state index contributed by atoms with van der Waals surface area (Å²) in [5, 5.41) is 7.25. The lowest BCUT2D eigenvalue weighted by Gasteiger charge is -2.42. The van der Waals surface area contributed by atoms with E-state index in [0.29, 0.717) is 45.2 Å². The largest absolute Gasteiger partial charge is 0.383 e. The van der Waals surface area contributed by atoms with E-state index in [4.69, 9.17) is 15.7 Å². The molecule has 5 heterocycles. The van der Waals surface area contributed by atoms with Crippen molar-refractivity contribution < 1.29 is 22.4 Å². The highest BCUT2D eigenvalue weighted by atomic mass is 19.3. The Morgan fingerprint density at radius 1 is 1.11 bits per heavy atom. The van der Waals surface area contributed by atoms with Gasteiger partial charge in [-0.1, -0.05) is 12.6 Å². The van der Waals surface area contributed by atoms with Gasteiger partial charge in [-0.05, 0) is 66.1 Å². The molecule has 4 unspecified atom stereocenters. The van der Waals surface area contributed by atoms with Crippen LogP contribution in [0.5, 0.6) is 0 Å². The Bertz CT molecular complexity index is 1930. The maximum Gasteiger partial charge on any atom is 0.261 e. The summed E-state index contributed by atoms with van der Waals surface area (Å²) in [5.74, 6) is 0.542. The van der Waals surface area contributed by atoms with Gasteiger partial charge in [0, 0.05) is 43.3 Å². The molecule has 0 bridgehead atoms. The van der Waals surface area contributed by atoms with E-state index in [1.54, 1.807) is 59.7 Å². The van der Waals surface area contributed by atoms with Crippen LogP contribution in [0.4, 0.5) is 23.4 Å². The van der Waals surface area contributed by atoms with Crippen molar-refractivity contribution in [3.8, 4) is 22.9 Å². The smallest absolute Gasteiger partial charge is 0.261 e. The highest BCUT2D eigenvalue weighted by molar-refractivity contribution is 5.87. The Labute approximate surface area is 260 Å². The van der Waals surface area contributed by atoms with Crippen molar-refractivity contribution in [1.82, 2.24) is 39.5 Å². The van der Waals surface area contributed by atoms with E-state index < -0.39 is 42.8 Å². The SMILES string of the molecule is C=CC(=O)N1CCC(N[C@@H]2c3ccc(-n4c(-c5cccnc5N)nc5ccc(-n6cccn6)nc54)cc3CC2F)C(F)C1C(F)F. The molecular formula is C32H29F4N9O. The summed E-state index contributed by atoms with van der Waals surface area (Å²) < 4.78 is 62.4. The van der Waals surface area contributed by atoms with Gasteiger partial charge in [0.15, 0.2) is 17.3 Å². The number of carbonyl (C=O) groups is 1. The summed E-state index contributed by atoms with van der Waals surface area (Å²) in [4.78, 5) is 26.8. The zero-order chi connectivity index (χ0) is 32.1. The molecule has 3 N–H and O–H groups in total. The Balaban J connectivity index is 1.26. The number of benzene rings is 1. The maximum absolute atomic E-state index is 15.6. The summed E-state index contributed by atoms with van der Waals surface area (Å²) in [6, 6.07) is 10.3. The fourth-order valence-corrected chi connectivity index (χ4v) is 6.49. The maximum atomic E-state index is 15.6. The number of fused-ring (bicyclic) bond motifs is 2. The second-order valence-electron chi connectivity index (χ2n) is 11.3. The molecule has 1 saturated heterocycles. The lowest BCUT2D eigenvalue weighted by Crippen LogP contribution is -2.61. The van der Waals surface area contributed by atoms with Crippen LogP contribution in [0.3, 0.4) is 0 Å². The number of carbonyl (C=O) groups excluding carboxylic acids is 1. The van der Waals surface area contributed by atoms with Crippen molar-refractivity contribution in [2.45, 2.75) is 49.7 Å². The summed E-state index contributed by atoms with van der Waals surface area (Å²) >= 11 is 0. The van der Waals surface area contributed by atoms with Gasteiger partial charge >= 0.3 is 0 Å². The first kappa shape index (κ1) is 29.6. The molecule has 236 valence electrons. The third-order valence-electron chi connectivity index (χ3n) is 8.67. The molecule has 46 heavy (non-hydrogen) atoms. The fraction of sp³-hybridized carbons (Fsp3) is 0.281. The summed E-state index contributed by atoms with van der Waals surface area (Å²) in [7, 11) is 0. The number of pyridine rings is 2. The van der Waals surface area contributed by atoms with E-state index in [1.807, 2.05) is 16.7 Å². The van der Waals surface area contributed by atoms with Gasteiger partial charge in [0.25, 0.3) is 6.43 Å². The monoisotopic (exact) mass is 631 g/mol. The molecule has 2 aliphatic rings. The number of nitrogens with two attached hydrogens (primary N) is 1. The number of nitrogens with zero attached hydrogens (tertiary/aromatic N) is 7. The van der Waals surface area contributed by atoms with Crippen molar-refractivity contribution in [3.05, 3.63) is 90.9 Å². The summed E-state index contributed by atoms with van der Waals surface area (Å²) in [6.45, 7) is 3.23. The lowest BCUT2D eigenvalue weighted by molar-refractivity contribution is -0.139. The molecule has 0 radical (unpaired) electrons. The molecule has 14 heteroatoms. The number of nitrogen functional groups attached to an aromatic ring is 1. The van der Waals surface area contributed by atoms with Gasteiger partial charge in [0.05, 0.1) is 11.6 Å². The first-order valence-electron chi connectivity index (χ1n) is 14.7. The number of likely N-dealkylation sites (tertiary alicyclic amines) is 1. The molecule has 10 nitrogen and oxygen atoms in total. The van der Waals surface area contributed by atoms with Crippen LogP contribution >= 0.6 is 0 Å². The molecular weight excluding hydrogens is 602 g/mol. The van der Waals surface area contributed by atoms with E-state index in [2.05, 4.69) is 22.0 Å². The average molecular weight is 632 g/mol. The van der Waals surface area contributed by atoms with Crippen molar-refractivity contribution in [3.63, 3.8) is 0 Å². The molecule has 1 amide bonds. The first-order chi connectivity index (χ1) is 22.2. The van der Waals surface area contributed by atoms with Crippen molar-refractivity contribution in [1.29, 1.82) is 0 Å². The van der Waals surface area contributed by atoms with Gasteiger partial charge in [-0.25, -0.2) is 37.2 Å². The molecule has 7 rings (SSSR count). The molecule has 5 atom stereocenters. The van der Waals surface area contributed by atoms with Gasteiger partial charge in [-0.15, -0.1) is 0 Å². The number of rotatable bonds is 7. The second-order valence-corrected chi connectivity index (χ2v) is 11.3. The number of piperidine rings is 1. The standard InChI is InChI=1S/C32H29F4N9O/c1-2-25(46)43-14-10-22(26(34)28(43)29(35)36)40-27-19-7-6-18(15-17(19)16-21(27)33)45-31(20-5-3-11-38-30(20)37)41-23-8-9-24(42-32(23)45)44-13-4-12-39-44/h2-9,11-13,15,21-22,26-29,40H,1,10,14,16H2,(H2,37,38)/t21?,22?,26?,27-,28?/m1/s1. The van der Waals surface area contributed by atoms with Crippen LogP contribution in [0.25, 0.3) is 34.1 Å². The number of hydrogen-bond donors (Lipinski definition) is 2. The molecule has 0 saturated carbocycles. The predicted molar refractivity (Wildman–Crippen MR) is 163 cm³/mol. The number of aromatic nitrogens is 6. The van der Waals surface area contributed by atoms with E-state index in [9.17, 15) is 13.6 Å². The minimum Gasteiger partial charge on any atom is -0.383 e. The normalized spacial score (nSPS) is 22.8. The molecule has 1 aliphatic heterocycles. The fourth-order valence-electron chi connectivity index (χ4n) is 6.49. The van der Waals surface area contributed by atoms with Gasteiger partial charge in [0.1, 0.15) is 29.7 Å². The molecule has 1 aliphatic carbocycles. The molecule has 5 aromatic rings. The molecule has 1 fully saturated rings. The predicted octanol–water partition coefficient (Wildman–Crippen LogP) is 4.53. The van der Waals surface area contributed by atoms with Crippen molar-refractivity contribution in [2.24, 2.45) is 0 Å². The number of halogens is 4.